The minimum absolute atomic E-state index is 0.0423. The topological polar surface area (TPSA) is 77.4 Å². The molecule has 0 amide bonds. The lowest BCUT2D eigenvalue weighted by Crippen LogP contribution is -2.12. The second-order valence-electron chi connectivity index (χ2n) is 6.03. The lowest BCUT2D eigenvalue weighted by molar-refractivity contribution is -0.138. The molecule has 30 heavy (non-hydrogen) atoms. The van der Waals surface area contributed by atoms with Crippen molar-refractivity contribution in [1.29, 1.82) is 0 Å². The van der Waals surface area contributed by atoms with Gasteiger partial charge in [-0.25, -0.2) is 14.2 Å². The molecule has 1 aliphatic rings. The van der Waals surface area contributed by atoms with Gasteiger partial charge in [-0.1, -0.05) is 23.9 Å². The number of benzene rings is 2. The fraction of sp³-hybridized carbons (Fsp3) is 0.182. The Bertz CT molecular complexity index is 1040. The number of esters is 1. The molecule has 1 N–H and O–H groups in total. The summed E-state index contributed by atoms with van der Waals surface area (Å²) in [6.07, 6.45) is 1.67. The maximum absolute atomic E-state index is 13.2. The molecule has 2 aromatic carbocycles. The van der Waals surface area contributed by atoms with Gasteiger partial charge in [0, 0.05) is 5.56 Å². The van der Waals surface area contributed by atoms with E-state index in [1.54, 1.807) is 31.2 Å². The molecule has 1 aliphatic heterocycles. The summed E-state index contributed by atoms with van der Waals surface area (Å²) in [6.45, 7) is 1.82. The molecule has 0 fully saturated rings. The standard InChI is InChI=1S/C22H20FNO5S/c1-4-29-22(26)18-19(25)17(12-13-6-5-7-16(27-2)20(13)28-3)30-21(18)24-15-10-8-14(23)9-11-15/h5-12,25H,4H2,1-3H3/b17-12+,24-21?. The molecule has 0 radical (unpaired) electrons. The largest absolute Gasteiger partial charge is 0.506 e. The fourth-order valence-electron chi connectivity index (χ4n) is 2.79. The van der Waals surface area contributed by atoms with Crippen molar-refractivity contribution < 1.29 is 28.5 Å². The first-order valence-corrected chi connectivity index (χ1v) is 9.86. The molecular formula is C22H20FNO5S. The van der Waals surface area contributed by atoms with Gasteiger partial charge in [0.25, 0.3) is 0 Å². The van der Waals surface area contributed by atoms with Crippen molar-refractivity contribution in [2.75, 3.05) is 20.8 Å². The average molecular weight is 429 g/mol. The van der Waals surface area contributed by atoms with Crippen molar-refractivity contribution in [2.45, 2.75) is 6.92 Å². The van der Waals surface area contributed by atoms with E-state index in [1.807, 2.05) is 0 Å². The third kappa shape index (κ3) is 4.49. The van der Waals surface area contributed by atoms with Crippen LogP contribution in [0.25, 0.3) is 6.08 Å². The Hall–Kier alpha value is -3.26. The highest BCUT2D eigenvalue weighted by atomic mass is 32.2. The maximum atomic E-state index is 13.2. The molecule has 3 rings (SSSR count). The SMILES string of the molecule is CCOC(=O)C1=C(O)/C(=C\c2cccc(OC)c2OC)SC1=Nc1ccc(F)cc1. The van der Waals surface area contributed by atoms with Crippen LogP contribution in [0.4, 0.5) is 10.1 Å². The maximum Gasteiger partial charge on any atom is 0.344 e. The van der Waals surface area contributed by atoms with Crippen LogP contribution in [0, 0.1) is 5.82 Å². The molecule has 0 saturated heterocycles. The number of aliphatic hydroxyl groups excluding tert-OH is 1. The van der Waals surface area contributed by atoms with Crippen LogP contribution in [0.2, 0.25) is 0 Å². The number of ether oxygens (including phenoxy) is 3. The van der Waals surface area contributed by atoms with Crippen molar-refractivity contribution in [1.82, 2.24) is 0 Å². The number of thioether (sulfide) groups is 1. The number of methoxy groups -OCH3 is 2. The molecule has 0 atom stereocenters. The molecular weight excluding hydrogens is 409 g/mol. The first kappa shape index (κ1) is 21.4. The lowest BCUT2D eigenvalue weighted by Gasteiger charge is -2.10. The summed E-state index contributed by atoms with van der Waals surface area (Å²) < 4.78 is 29.0. The molecule has 1 heterocycles. The zero-order valence-electron chi connectivity index (χ0n) is 16.6. The number of rotatable bonds is 6. The Morgan fingerprint density at radius 2 is 1.90 bits per heavy atom. The molecule has 2 aromatic rings. The van der Waals surface area contributed by atoms with Crippen LogP contribution in [0.3, 0.4) is 0 Å². The number of aliphatic imine (C=N–C) groups is 1. The first-order chi connectivity index (χ1) is 14.5. The monoisotopic (exact) mass is 429 g/mol. The molecule has 6 nitrogen and oxygen atoms in total. The first-order valence-electron chi connectivity index (χ1n) is 9.04. The molecule has 156 valence electrons. The minimum atomic E-state index is -0.690. The highest BCUT2D eigenvalue weighted by Gasteiger charge is 2.33. The van der Waals surface area contributed by atoms with Crippen LogP contribution < -0.4 is 9.47 Å². The Labute approximate surface area is 177 Å². The van der Waals surface area contributed by atoms with Gasteiger partial charge in [-0.05, 0) is 43.3 Å². The van der Waals surface area contributed by atoms with E-state index in [2.05, 4.69) is 4.99 Å². The third-order valence-corrected chi connectivity index (χ3v) is 5.17. The fourth-order valence-corrected chi connectivity index (χ4v) is 3.82. The molecule has 0 unspecified atom stereocenters. The quantitative estimate of drug-likeness (QED) is 0.649. The number of halogens is 1. The number of para-hydroxylation sites is 1. The highest BCUT2D eigenvalue weighted by molar-refractivity contribution is 8.18. The number of carbonyl (C=O) groups excluding carboxylic acids is 1. The zero-order chi connectivity index (χ0) is 21.7. The van der Waals surface area contributed by atoms with Crippen LogP contribution in [0.1, 0.15) is 12.5 Å². The minimum Gasteiger partial charge on any atom is -0.506 e. The predicted molar refractivity (Wildman–Crippen MR) is 115 cm³/mol. The molecule has 8 heteroatoms. The van der Waals surface area contributed by atoms with Crippen LogP contribution in [0.5, 0.6) is 11.5 Å². The van der Waals surface area contributed by atoms with Crippen molar-refractivity contribution in [3.8, 4) is 11.5 Å². The van der Waals surface area contributed by atoms with Gasteiger partial charge in [0.05, 0.1) is 31.4 Å². The van der Waals surface area contributed by atoms with Gasteiger partial charge in [-0.3, -0.25) is 0 Å². The van der Waals surface area contributed by atoms with Gasteiger partial charge >= 0.3 is 5.97 Å². The van der Waals surface area contributed by atoms with Gasteiger partial charge in [-0.15, -0.1) is 0 Å². The molecule has 0 saturated carbocycles. The number of hydrogen-bond donors (Lipinski definition) is 1. The summed E-state index contributed by atoms with van der Waals surface area (Å²) in [5, 5.41) is 11.0. The van der Waals surface area contributed by atoms with Gasteiger partial charge in [0.1, 0.15) is 22.2 Å². The van der Waals surface area contributed by atoms with Gasteiger partial charge in [0.2, 0.25) is 0 Å². The number of carbonyl (C=O) groups is 1. The van der Waals surface area contributed by atoms with Gasteiger partial charge in [-0.2, -0.15) is 0 Å². The van der Waals surface area contributed by atoms with E-state index in [4.69, 9.17) is 14.2 Å². The van der Waals surface area contributed by atoms with Crippen LogP contribution >= 0.6 is 11.8 Å². The zero-order valence-corrected chi connectivity index (χ0v) is 17.5. The van der Waals surface area contributed by atoms with E-state index in [0.717, 1.165) is 11.8 Å². The molecule has 0 aliphatic carbocycles. The van der Waals surface area contributed by atoms with Crippen molar-refractivity contribution >= 4 is 34.5 Å². The van der Waals surface area contributed by atoms with Crippen LogP contribution in [0.15, 0.2) is 63.7 Å². The number of nitrogens with zero attached hydrogens (tertiary/aromatic N) is 1. The highest BCUT2D eigenvalue weighted by Crippen LogP contribution is 2.42. The summed E-state index contributed by atoms with van der Waals surface area (Å²) in [7, 11) is 3.05. The van der Waals surface area contributed by atoms with E-state index < -0.39 is 11.8 Å². The lowest BCUT2D eigenvalue weighted by atomic mass is 10.1. The van der Waals surface area contributed by atoms with Crippen LogP contribution in [-0.2, 0) is 9.53 Å². The summed E-state index contributed by atoms with van der Waals surface area (Å²) in [6, 6.07) is 10.8. The average Bonchev–Trinajstić information content (AvgIpc) is 3.04. The number of aliphatic hydroxyl groups is 1. The van der Waals surface area contributed by atoms with E-state index in [1.165, 1.54) is 38.5 Å². The Morgan fingerprint density at radius 1 is 1.17 bits per heavy atom. The van der Waals surface area contributed by atoms with Gasteiger partial charge < -0.3 is 19.3 Å². The third-order valence-electron chi connectivity index (χ3n) is 4.15. The smallest absolute Gasteiger partial charge is 0.344 e. The summed E-state index contributed by atoms with van der Waals surface area (Å²) in [5.74, 6) is -0.312. The Morgan fingerprint density at radius 3 is 2.53 bits per heavy atom. The normalized spacial score (nSPS) is 16.3. The molecule has 0 spiro atoms. The summed E-state index contributed by atoms with van der Waals surface area (Å²) in [4.78, 5) is 17.3. The van der Waals surface area contributed by atoms with Crippen molar-refractivity contribution in [3.63, 3.8) is 0 Å². The van der Waals surface area contributed by atoms with Gasteiger partial charge in [0.15, 0.2) is 11.5 Å². The Kier molecular flexibility index (Phi) is 6.79. The Balaban J connectivity index is 2.08. The van der Waals surface area contributed by atoms with E-state index in [9.17, 15) is 14.3 Å². The second-order valence-corrected chi connectivity index (χ2v) is 7.06. The molecule has 0 aromatic heterocycles. The van der Waals surface area contributed by atoms with Crippen molar-refractivity contribution in [2.24, 2.45) is 4.99 Å². The number of hydrogen-bond acceptors (Lipinski definition) is 7. The van der Waals surface area contributed by atoms with E-state index >= 15 is 0 Å². The summed E-state index contributed by atoms with van der Waals surface area (Å²) in [5.41, 5.74) is 1.05. The van der Waals surface area contributed by atoms with Crippen molar-refractivity contribution in [3.05, 3.63) is 70.1 Å². The predicted octanol–water partition coefficient (Wildman–Crippen LogP) is 5.04. The van der Waals surface area contributed by atoms with E-state index in [-0.39, 0.29) is 23.0 Å². The summed E-state index contributed by atoms with van der Waals surface area (Å²) >= 11 is 1.10. The van der Waals surface area contributed by atoms with E-state index in [0.29, 0.717) is 27.7 Å². The molecule has 0 bridgehead atoms. The van der Waals surface area contributed by atoms with Crippen LogP contribution in [-0.4, -0.2) is 36.9 Å². The second kappa shape index (κ2) is 9.49.